The molecular formula is C16H21N3O2. The van der Waals surface area contributed by atoms with E-state index < -0.39 is 0 Å². The van der Waals surface area contributed by atoms with Crippen LogP contribution in [0.4, 0.5) is 5.82 Å². The molecule has 0 N–H and O–H groups in total. The summed E-state index contributed by atoms with van der Waals surface area (Å²) in [7, 11) is 1.77. The van der Waals surface area contributed by atoms with Crippen LogP contribution in [0.1, 0.15) is 24.8 Å². The molecule has 2 atom stereocenters. The van der Waals surface area contributed by atoms with Crippen molar-refractivity contribution in [2.45, 2.75) is 38.0 Å². The van der Waals surface area contributed by atoms with Crippen LogP contribution < -0.4 is 4.90 Å². The van der Waals surface area contributed by atoms with Crippen LogP contribution >= 0.6 is 0 Å². The maximum absolute atomic E-state index is 12.5. The molecule has 0 aromatic carbocycles. The summed E-state index contributed by atoms with van der Waals surface area (Å²) in [5.41, 5.74) is 1.16. The summed E-state index contributed by atoms with van der Waals surface area (Å²) in [5, 5.41) is 0. The Balaban J connectivity index is 1.67. The first-order valence-corrected chi connectivity index (χ1v) is 7.78. The first-order chi connectivity index (χ1) is 10.3. The van der Waals surface area contributed by atoms with E-state index >= 15 is 0 Å². The van der Waals surface area contributed by atoms with Crippen LogP contribution in [0.5, 0.6) is 0 Å². The van der Waals surface area contributed by atoms with Crippen molar-refractivity contribution in [3.63, 3.8) is 0 Å². The van der Waals surface area contributed by atoms with E-state index in [1.165, 1.54) is 0 Å². The molecule has 1 aliphatic carbocycles. The lowest BCUT2D eigenvalue weighted by Gasteiger charge is -2.26. The van der Waals surface area contributed by atoms with Gasteiger partial charge in [0, 0.05) is 44.4 Å². The third kappa shape index (κ3) is 2.29. The normalized spacial score (nSPS) is 28.0. The highest BCUT2D eigenvalue weighted by molar-refractivity contribution is 5.81. The minimum absolute atomic E-state index is 0.237. The Kier molecular flexibility index (Phi) is 3.10. The highest BCUT2D eigenvalue weighted by Crippen LogP contribution is 2.36. The number of hydrogen-bond donors (Lipinski definition) is 0. The molecule has 2 aliphatic heterocycles. The molecule has 3 aliphatic rings. The second kappa shape index (κ2) is 4.98. The Morgan fingerprint density at radius 1 is 1.38 bits per heavy atom. The zero-order chi connectivity index (χ0) is 14.4. The van der Waals surface area contributed by atoms with Gasteiger partial charge in [-0.15, -0.1) is 0 Å². The summed E-state index contributed by atoms with van der Waals surface area (Å²) in [6.45, 7) is 2.37. The van der Waals surface area contributed by atoms with Crippen molar-refractivity contribution in [2.24, 2.45) is 5.92 Å². The molecule has 21 heavy (non-hydrogen) atoms. The molecule has 5 heteroatoms. The van der Waals surface area contributed by atoms with Gasteiger partial charge in [0.05, 0.1) is 12.1 Å². The van der Waals surface area contributed by atoms with Gasteiger partial charge in [-0.2, -0.15) is 0 Å². The number of fused-ring (bicyclic) bond motifs is 3. The van der Waals surface area contributed by atoms with Crippen molar-refractivity contribution >= 4 is 11.7 Å². The van der Waals surface area contributed by atoms with Crippen molar-refractivity contribution in [3.05, 3.63) is 23.9 Å². The van der Waals surface area contributed by atoms with E-state index in [0.717, 1.165) is 43.7 Å². The molecule has 0 radical (unpaired) electrons. The number of pyridine rings is 1. The van der Waals surface area contributed by atoms with Gasteiger partial charge in [0.15, 0.2) is 0 Å². The summed E-state index contributed by atoms with van der Waals surface area (Å²) >= 11 is 0. The average Bonchev–Trinajstić information content (AvgIpc) is 3.29. The second-order valence-corrected chi connectivity index (χ2v) is 6.38. The fraction of sp³-hybridized carbons (Fsp3) is 0.625. The van der Waals surface area contributed by atoms with Gasteiger partial charge in [-0.1, -0.05) is 6.07 Å². The molecule has 1 saturated heterocycles. The first kappa shape index (κ1) is 13.1. The van der Waals surface area contributed by atoms with E-state index in [0.29, 0.717) is 18.5 Å². The standard InChI is InChI=1S/C16H21N3O2/c1-21-14-7-13-9-18(16(20)11-4-5-11)8-12-3-2-6-17-15(12)19(13)10-14/h2-3,6,11,13-14H,4-5,7-10H2,1H3/t13-,14-/m1/s1. The van der Waals surface area contributed by atoms with Crippen molar-refractivity contribution < 1.29 is 9.53 Å². The van der Waals surface area contributed by atoms with Gasteiger partial charge in [0.1, 0.15) is 5.82 Å². The van der Waals surface area contributed by atoms with E-state index in [1.54, 1.807) is 7.11 Å². The maximum atomic E-state index is 12.5. The van der Waals surface area contributed by atoms with E-state index in [4.69, 9.17) is 4.74 Å². The molecule has 5 nitrogen and oxygen atoms in total. The molecule has 112 valence electrons. The Labute approximate surface area is 124 Å². The van der Waals surface area contributed by atoms with E-state index in [2.05, 4.69) is 16.0 Å². The largest absolute Gasteiger partial charge is 0.380 e. The fourth-order valence-electron chi connectivity index (χ4n) is 3.57. The fourth-order valence-corrected chi connectivity index (χ4v) is 3.57. The average molecular weight is 287 g/mol. The predicted octanol–water partition coefficient (Wildman–Crippen LogP) is 1.43. The summed E-state index contributed by atoms with van der Waals surface area (Å²) in [6.07, 6.45) is 5.17. The summed E-state index contributed by atoms with van der Waals surface area (Å²) < 4.78 is 5.54. The van der Waals surface area contributed by atoms with Gasteiger partial charge in [-0.3, -0.25) is 4.79 Å². The van der Waals surface area contributed by atoms with Crippen molar-refractivity contribution in [2.75, 3.05) is 25.1 Å². The zero-order valence-corrected chi connectivity index (χ0v) is 12.4. The number of carbonyl (C=O) groups excluding carboxylic acids is 1. The Bertz CT molecular complexity index is 558. The highest BCUT2D eigenvalue weighted by Gasteiger charge is 2.41. The van der Waals surface area contributed by atoms with Crippen molar-refractivity contribution in [1.82, 2.24) is 9.88 Å². The smallest absolute Gasteiger partial charge is 0.226 e. The van der Waals surface area contributed by atoms with Crippen LogP contribution in [-0.4, -0.2) is 48.1 Å². The van der Waals surface area contributed by atoms with Crippen LogP contribution in [0.15, 0.2) is 18.3 Å². The molecule has 1 aromatic heterocycles. The Morgan fingerprint density at radius 3 is 3.00 bits per heavy atom. The minimum atomic E-state index is 0.237. The molecule has 1 saturated carbocycles. The van der Waals surface area contributed by atoms with Crippen LogP contribution in [0.3, 0.4) is 0 Å². The van der Waals surface area contributed by atoms with Crippen LogP contribution in [0.25, 0.3) is 0 Å². The third-order valence-electron chi connectivity index (χ3n) is 4.88. The number of hydrogen-bond acceptors (Lipinski definition) is 4. The molecule has 0 unspecified atom stereocenters. The van der Waals surface area contributed by atoms with Gasteiger partial charge in [0.2, 0.25) is 5.91 Å². The summed E-state index contributed by atoms with van der Waals surface area (Å²) in [6, 6.07) is 4.38. The third-order valence-corrected chi connectivity index (χ3v) is 4.88. The number of amides is 1. The van der Waals surface area contributed by atoms with Gasteiger partial charge in [-0.25, -0.2) is 4.98 Å². The Hall–Kier alpha value is -1.62. The topological polar surface area (TPSA) is 45.7 Å². The zero-order valence-electron chi connectivity index (χ0n) is 12.4. The lowest BCUT2D eigenvalue weighted by Crippen LogP contribution is -2.40. The summed E-state index contributed by atoms with van der Waals surface area (Å²) in [4.78, 5) is 21.5. The molecule has 3 heterocycles. The SMILES string of the molecule is CO[C@@H]1C[C@@H]2CN(C(=O)C3CC3)Cc3cccnc3N2C1. The highest BCUT2D eigenvalue weighted by atomic mass is 16.5. The molecule has 2 fully saturated rings. The number of anilines is 1. The number of aromatic nitrogens is 1. The summed E-state index contributed by atoms with van der Waals surface area (Å²) in [5.74, 6) is 1.64. The van der Waals surface area contributed by atoms with Crippen LogP contribution in [-0.2, 0) is 16.1 Å². The van der Waals surface area contributed by atoms with Crippen molar-refractivity contribution in [3.8, 4) is 0 Å². The van der Waals surface area contributed by atoms with E-state index in [9.17, 15) is 4.79 Å². The molecule has 0 spiro atoms. The molecule has 4 rings (SSSR count). The predicted molar refractivity (Wildman–Crippen MR) is 78.9 cm³/mol. The number of carbonyl (C=O) groups is 1. The Morgan fingerprint density at radius 2 is 2.24 bits per heavy atom. The first-order valence-electron chi connectivity index (χ1n) is 7.78. The van der Waals surface area contributed by atoms with Gasteiger partial charge < -0.3 is 14.5 Å². The quantitative estimate of drug-likeness (QED) is 0.825. The number of nitrogens with zero attached hydrogens (tertiary/aromatic N) is 3. The number of rotatable bonds is 2. The molecule has 1 aromatic rings. The van der Waals surface area contributed by atoms with E-state index in [1.807, 2.05) is 17.2 Å². The minimum Gasteiger partial charge on any atom is -0.380 e. The second-order valence-electron chi connectivity index (χ2n) is 6.38. The van der Waals surface area contributed by atoms with Gasteiger partial charge in [0.25, 0.3) is 0 Å². The molecule has 1 amide bonds. The lowest BCUT2D eigenvalue weighted by molar-refractivity contribution is -0.133. The maximum Gasteiger partial charge on any atom is 0.226 e. The molecular weight excluding hydrogens is 266 g/mol. The number of ether oxygens (including phenoxy) is 1. The van der Waals surface area contributed by atoms with E-state index in [-0.39, 0.29) is 12.0 Å². The van der Waals surface area contributed by atoms with Gasteiger partial charge in [-0.05, 0) is 25.3 Å². The van der Waals surface area contributed by atoms with Crippen LogP contribution in [0.2, 0.25) is 0 Å². The monoisotopic (exact) mass is 287 g/mol. The lowest BCUT2D eigenvalue weighted by atomic mass is 10.1. The number of methoxy groups -OCH3 is 1. The van der Waals surface area contributed by atoms with Gasteiger partial charge >= 0.3 is 0 Å². The van der Waals surface area contributed by atoms with Crippen LogP contribution in [0, 0.1) is 5.92 Å². The van der Waals surface area contributed by atoms with Crippen molar-refractivity contribution in [1.29, 1.82) is 0 Å². The molecule has 0 bridgehead atoms.